The molecule has 1 aromatic carbocycles. The molecule has 110 valence electrons. The number of nitrogens with zero attached hydrogens (tertiary/aromatic N) is 1. The Balaban J connectivity index is 2.81. The second-order valence-corrected chi connectivity index (χ2v) is 4.62. The van der Waals surface area contributed by atoms with Gasteiger partial charge in [-0.3, -0.25) is 4.90 Å². The number of aliphatic hydroxyl groups is 2. The lowest BCUT2D eigenvalue weighted by Gasteiger charge is -2.20. The van der Waals surface area contributed by atoms with E-state index in [0.29, 0.717) is 25.1 Å². The number of hydrogen-bond acceptors (Lipinski definition) is 3. The fourth-order valence-electron chi connectivity index (χ4n) is 2.02. The third-order valence-electron chi connectivity index (χ3n) is 2.79. The van der Waals surface area contributed by atoms with E-state index in [4.69, 9.17) is 10.2 Å². The predicted molar refractivity (Wildman–Crippen MR) is 77.6 cm³/mol. The first kappa shape index (κ1) is 16.6. The Morgan fingerprint density at radius 1 is 1.15 bits per heavy atom. The number of aliphatic hydroxyl groups excluding tert-OH is 2. The molecule has 20 heavy (non-hydrogen) atoms. The van der Waals surface area contributed by atoms with E-state index in [1.807, 2.05) is 6.07 Å². The fourth-order valence-corrected chi connectivity index (χ4v) is 2.02. The maximum Gasteiger partial charge on any atom is 0.124 e. The molecule has 0 aliphatic rings. The minimum Gasteiger partial charge on any atom is -0.395 e. The summed E-state index contributed by atoms with van der Waals surface area (Å²) in [6.07, 6.45) is 1.37. The van der Waals surface area contributed by atoms with Crippen LogP contribution in [0, 0.1) is 17.7 Å². The van der Waals surface area contributed by atoms with Crippen molar-refractivity contribution >= 4 is 0 Å². The van der Waals surface area contributed by atoms with Gasteiger partial charge in [0.15, 0.2) is 0 Å². The Labute approximate surface area is 120 Å². The Morgan fingerprint density at radius 2 is 1.95 bits per heavy atom. The molecule has 0 atom stereocenters. The van der Waals surface area contributed by atoms with E-state index in [1.54, 1.807) is 0 Å². The van der Waals surface area contributed by atoms with Crippen molar-refractivity contribution in [1.29, 1.82) is 0 Å². The zero-order chi connectivity index (χ0) is 14.8. The second kappa shape index (κ2) is 9.49. The average molecular weight is 279 g/mol. The first-order valence-electron chi connectivity index (χ1n) is 6.92. The molecule has 1 aromatic rings. The average Bonchev–Trinajstić information content (AvgIpc) is 2.39. The van der Waals surface area contributed by atoms with Gasteiger partial charge in [0.05, 0.1) is 13.2 Å². The van der Waals surface area contributed by atoms with Crippen LogP contribution in [0.4, 0.5) is 4.39 Å². The van der Waals surface area contributed by atoms with Crippen molar-refractivity contribution < 1.29 is 14.6 Å². The van der Waals surface area contributed by atoms with Gasteiger partial charge in [-0.1, -0.05) is 18.8 Å². The third kappa shape index (κ3) is 6.16. The molecule has 3 nitrogen and oxygen atoms in total. The van der Waals surface area contributed by atoms with Crippen LogP contribution in [0.25, 0.3) is 0 Å². The van der Waals surface area contributed by atoms with Gasteiger partial charge in [-0.05, 0) is 36.7 Å². The van der Waals surface area contributed by atoms with Gasteiger partial charge in [0.2, 0.25) is 0 Å². The van der Waals surface area contributed by atoms with E-state index in [9.17, 15) is 4.39 Å². The lowest BCUT2D eigenvalue weighted by Crippen LogP contribution is -2.27. The first-order chi connectivity index (χ1) is 9.69. The minimum atomic E-state index is -0.309. The van der Waals surface area contributed by atoms with Crippen molar-refractivity contribution in [3.63, 3.8) is 0 Å². The van der Waals surface area contributed by atoms with Crippen molar-refractivity contribution in [3.05, 3.63) is 35.1 Å². The van der Waals surface area contributed by atoms with Gasteiger partial charge in [0, 0.05) is 25.1 Å². The van der Waals surface area contributed by atoms with E-state index in [0.717, 1.165) is 18.5 Å². The molecule has 0 spiro atoms. The van der Waals surface area contributed by atoms with E-state index in [1.165, 1.54) is 12.1 Å². The molecule has 1 rings (SSSR count). The summed E-state index contributed by atoms with van der Waals surface area (Å²) < 4.78 is 13.6. The van der Waals surface area contributed by atoms with Gasteiger partial charge in [0.1, 0.15) is 5.82 Å². The molecular formula is C16H22FNO2. The molecule has 4 heteroatoms. The van der Waals surface area contributed by atoms with Gasteiger partial charge in [-0.15, -0.1) is 0 Å². The zero-order valence-electron chi connectivity index (χ0n) is 11.9. The minimum absolute atomic E-state index is 0.00987. The summed E-state index contributed by atoms with van der Waals surface area (Å²) in [6.45, 7) is 4.22. The molecule has 0 saturated heterocycles. The summed E-state index contributed by atoms with van der Waals surface area (Å²) in [4.78, 5) is 2.08. The Hall–Kier alpha value is -1.41. The summed E-state index contributed by atoms with van der Waals surface area (Å²) in [7, 11) is 0. The molecule has 0 saturated carbocycles. The van der Waals surface area contributed by atoms with E-state index in [2.05, 4.69) is 23.7 Å². The molecule has 0 aromatic heterocycles. The van der Waals surface area contributed by atoms with E-state index < -0.39 is 0 Å². The predicted octanol–water partition coefficient (Wildman–Crippen LogP) is 1.76. The molecule has 0 aliphatic carbocycles. The Bertz CT molecular complexity index is 459. The smallest absolute Gasteiger partial charge is 0.124 e. The van der Waals surface area contributed by atoms with Crippen LogP contribution in [-0.2, 0) is 6.54 Å². The highest BCUT2D eigenvalue weighted by atomic mass is 19.1. The van der Waals surface area contributed by atoms with Gasteiger partial charge in [-0.25, -0.2) is 4.39 Å². The summed E-state index contributed by atoms with van der Waals surface area (Å²) >= 11 is 0. The van der Waals surface area contributed by atoms with E-state index >= 15 is 0 Å². The highest BCUT2D eigenvalue weighted by molar-refractivity contribution is 5.37. The summed E-state index contributed by atoms with van der Waals surface area (Å²) in [5, 5.41) is 17.7. The summed E-state index contributed by atoms with van der Waals surface area (Å²) in [6, 6.07) is 4.74. The molecule has 0 aliphatic heterocycles. The lowest BCUT2D eigenvalue weighted by molar-refractivity contribution is 0.190. The van der Waals surface area contributed by atoms with E-state index in [-0.39, 0.29) is 19.0 Å². The Morgan fingerprint density at radius 3 is 2.60 bits per heavy atom. The Kier molecular flexibility index (Phi) is 7.89. The van der Waals surface area contributed by atoms with Crippen molar-refractivity contribution in [2.45, 2.75) is 26.3 Å². The maximum absolute atomic E-state index is 13.6. The second-order valence-electron chi connectivity index (χ2n) is 4.62. The van der Waals surface area contributed by atoms with Crippen LogP contribution < -0.4 is 0 Å². The van der Waals surface area contributed by atoms with Crippen LogP contribution in [0.3, 0.4) is 0 Å². The maximum atomic E-state index is 13.6. The third-order valence-corrected chi connectivity index (χ3v) is 2.79. The number of rotatable bonds is 7. The number of halogens is 1. The van der Waals surface area contributed by atoms with Gasteiger partial charge in [-0.2, -0.15) is 0 Å². The molecule has 0 unspecified atom stereocenters. The van der Waals surface area contributed by atoms with Crippen molar-refractivity contribution in [1.82, 2.24) is 4.90 Å². The van der Waals surface area contributed by atoms with Crippen LogP contribution in [0.2, 0.25) is 0 Å². The molecule has 0 fully saturated rings. The quantitative estimate of drug-likeness (QED) is 0.748. The van der Waals surface area contributed by atoms with Crippen LogP contribution >= 0.6 is 0 Å². The first-order valence-corrected chi connectivity index (χ1v) is 6.92. The van der Waals surface area contributed by atoms with Crippen LogP contribution in [0.15, 0.2) is 18.2 Å². The van der Waals surface area contributed by atoms with Gasteiger partial charge in [0.25, 0.3) is 0 Å². The van der Waals surface area contributed by atoms with Gasteiger partial charge >= 0.3 is 0 Å². The molecule has 0 radical (unpaired) electrons. The molecule has 0 bridgehead atoms. The summed E-state index contributed by atoms with van der Waals surface area (Å²) in [5.41, 5.74) is 1.47. The van der Waals surface area contributed by atoms with Gasteiger partial charge < -0.3 is 10.2 Å². The number of hydrogen-bond donors (Lipinski definition) is 2. The standard InChI is InChI=1S/C16H22FNO2/c1-2-6-18(7-9-20)13-15-10-14(5-3-4-8-19)11-16(17)12-15/h10-12,19-20H,2,4,6-9,13H2,1H3. The highest BCUT2D eigenvalue weighted by Crippen LogP contribution is 2.11. The largest absolute Gasteiger partial charge is 0.395 e. The normalized spacial score (nSPS) is 10.4. The fraction of sp³-hybridized carbons (Fsp3) is 0.500. The highest BCUT2D eigenvalue weighted by Gasteiger charge is 2.06. The van der Waals surface area contributed by atoms with Crippen molar-refractivity contribution in [2.24, 2.45) is 0 Å². The lowest BCUT2D eigenvalue weighted by atomic mass is 10.1. The van der Waals surface area contributed by atoms with Crippen molar-refractivity contribution in [3.8, 4) is 11.8 Å². The zero-order valence-corrected chi connectivity index (χ0v) is 11.9. The topological polar surface area (TPSA) is 43.7 Å². The number of benzene rings is 1. The molecule has 0 heterocycles. The molecule has 0 amide bonds. The summed E-state index contributed by atoms with van der Waals surface area (Å²) in [5.74, 6) is 5.33. The molecule has 2 N–H and O–H groups in total. The SMILES string of the molecule is CCCN(CCO)Cc1cc(F)cc(C#CCCO)c1. The van der Waals surface area contributed by atoms with Crippen molar-refractivity contribution in [2.75, 3.05) is 26.3 Å². The van der Waals surface area contributed by atoms with Crippen LogP contribution in [0.1, 0.15) is 30.9 Å². The molecular weight excluding hydrogens is 257 g/mol. The monoisotopic (exact) mass is 279 g/mol. The van der Waals surface area contributed by atoms with Crippen LogP contribution in [0.5, 0.6) is 0 Å². The van der Waals surface area contributed by atoms with Crippen LogP contribution in [-0.4, -0.2) is 41.4 Å².